The quantitative estimate of drug-likeness (QED) is 0.350. The highest BCUT2D eigenvalue weighted by Gasteiger charge is 2.33. The Bertz CT molecular complexity index is 880. The summed E-state index contributed by atoms with van der Waals surface area (Å²) in [4.78, 5) is 22.4. The lowest BCUT2D eigenvalue weighted by atomic mass is 10.1. The van der Waals surface area contributed by atoms with Gasteiger partial charge in [-0.05, 0) is 49.2 Å². The summed E-state index contributed by atoms with van der Waals surface area (Å²) in [6, 6.07) is 5.90. The molecular formula is C17H14BrF3N2O3S. The number of hydrogen-bond donors (Lipinski definition) is 1. The molecule has 10 heteroatoms. The van der Waals surface area contributed by atoms with E-state index >= 15 is 0 Å². The number of amides is 1. The van der Waals surface area contributed by atoms with E-state index in [1.54, 1.807) is 0 Å². The van der Waals surface area contributed by atoms with E-state index in [-0.39, 0.29) is 10.6 Å². The second kappa shape index (κ2) is 8.30. The monoisotopic (exact) mass is 462 g/mol. The molecule has 0 bridgehead atoms. The van der Waals surface area contributed by atoms with Gasteiger partial charge in [-0.25, -0.2) is 0 Å². The molecule has 1 amide bonds. The highest BCUT2D eigenvalue weighted by atomic mass is 79.9. The lowest BCUT2D eigenvalue weighted by Gasteiger charge is -2.12. The van der Waals surface area contributed by atoms with Gasteiger partial charge in [0.05, 0.1) is 21.1 Å². The number of thioether (sulfide) groups is 1. The number of hydrogen-bond acceptors (Lipinski definition) is 4. The van der Waals surface area contributed by atoms with Crippen LogP contribution in [0.1, 0.15) is 16.7 Å². The number of nitro benzene ring substituents is 1. The third-order valence-electron chi connectivity index (χ3n) is 3.60. The van der Waals surface area contributed by atoms with E-state index in [0.29, 0.717) is 11.8 Å². The number of carbonyl (C=O) groups excluding carboxylic acids is 1. The molecule has 1 N–H and O–H groups in total. The van der Waals surface area contributed by atoms with Crippen molar-refractivity contribution in [3.63, 3.8) is 0 Å². The molecule has 0 saturated carbocycles. The average Bonchev–Trinajstić information content (AvgIpc) is 2.55. The Kier molecular flexibility index (Phi) is 6.53. The summed E-state index contributed by atoms with van der Waals surface area (Å²) >= 11 is 4.16. The van der Waals surface area contributed by atoms with Gasteiger partial charge in [0.1, 0.15) is 0 Å². The van der Waals surface area contributed by atoms with E-state index in [9.17, 15) is 28.1 Å². The predicted molar refractivity (Wildman–Crippen MR) is 101 cm³/mol. The SMILES string of the molecule is Cc1cc(Br)cc(C)c1NC(=O)CSc1ccc(C(F)(F)F)cc1[N+](=O)[O-]. The Hall–Kier alpha value is -2.07. The van der Waals surface area contributed by atoms with E-state index < -0.39 is 28.3 Å². The first kappa shape index (κ1) is 21.2. The van der Waals surface area contributed by atoms with Gasteiger partial charge in [-0.3, -0.25) is 14.9 Å². The van der Waals surface area contributed by atoms with Crippen LogP contribution in [0.5, 0.6) is 0 Å². The number of nitro groups is 1. The zero-order valence-corrected chi connectivity index (χ0v) is 16.6. The minimum atomic E-state index is -4.68. The number of benzene rings is 2. The summed E-state index contributed by atoms with van der Waals surface area (Å²) in [6.07, 6.45) is -4.68. The van der Waals surface area contributed by atoms with Crippen LogP contribution in [-0.4, -0.2) is 16.6 Å². The van der Waals surface area contributed by atoms with Crippen LogP contribution in [0.25, 0.3) is 0 Å². The summed E-state index contributed by atoms with van der Waals surface area (Å²) in [7, 11) is 0. The first-order valence-electron chi connectivity index (χ1n) is 7.54. The third-order valence-corrected chi connectivity index (χ3v) is 5.12. The predicted octanol–water partition coefficient (Wildman–Crippen LogP) is 5.72. The third kappa shape index (κ3) is 5.46. The Balaban J connectivity index is 2.14. The van der Waals surface area contributed by atoms with Gasteiger partial charge in [0.2, 0.25) is 5.91 Å². The van der Waals surface area contributed by atoms with Crippen LogP contribution in [0.3, 0.4) is 0 Å². The van der Waals surface area contributed by atoms with Crippen molar-refractivity contribution in [3.8, 4) is 0 Å². The molecule has 2 aromatic carbocycles. The molecule has 0 aliphatic heterocycles. The number of nitrogens with one attached hydrogen (secondary N) is 1. The molecule has 0 saturated heterocycles. The van der Waals surface area contributed by atoms with E-state index in [1.807, 2.05) is 26.0 Å². The van der Waals surface area contributed by atoms with Gasteiger partial charge in [-0.2, -0.15) is 13.2 Å². The molecule has 0 unspecified atom stereocenters. The molecule has 0 radical (unpaired) electrons. The summed E-state index contributed by atoms with van der Waals surface area (Å²) in [6.45, 7) is 3.64. The van der Waals surface area contributed by atoms with Gasteiger partial charge < -0.3 is 5.32 Å². The Morgan fingerprint density at radius 2 is 1.81 bits per heavy atom. The molecule has 0 atom stereocenters. The van der Waals surface area contributed by atoms with Crippen LogP contribution in [-0.2, 0) is 11.0 Å². The molecule has 0 aromatic heterocycles. The van der Waals surface area contributed by atoms with Crippen LogP contribution in [0.4, 0.5) is 24.5 Å². The number of aryl methyl sites for hydroxylation is 2. The van der Waals surface area contributed by atoms with Crippen molar-refractivity contribution in [2.24, 2.45) is 0 Å². The first-order chi connectivity index (χ1) is 12.5. The van der Waals surface area contributed by atoms with Crippen molar-refractivity contribution < 1.29 is 22.9 Å². The molecule has 144 valence electrons. The number of rotatable bonds is 5. The zero-order chi connectivity index (χ0) is 20.4. The largest absolute Gasteiger partial charge is 0.416 e. The van der Waals surface area contributed by atoms with E-state index in [0.717, 1.165) is 39.5 Å². The number of carbonyl (C=O) groups is 1. The number of nitrogens with zero attached hydrogens (tertiary/aromatic N) is 1. The minimum Gasteiger partial charge on any atom is -0.325 e. The molecular weight excluding hydrogens is 449 g/mol. The second-order valence-corrected chi connectivity index (χ2v) is 7.62. The standard InChI is InChI=1S/C17H14BrF3N2O3S/c1-9-5-12(18)6-10(2)16(9)22-15(24)8-27-14-4-3-11(17(19,20)21)7-13(14)23(25)26/h3-7H,8H2,1-2H3,(H,22,24). The van der Waals surface area contributed by atoms with Gasteiger partial charge in [0.25, 0.3) is 5.69 Å². The summed E-state index contributed by atoms with van der Waals surface area (Å²) in [5.74, 6) is -0.594. The fourth-order valence-corrected chi connectivity index (χ4v) is 3.88. The molecule has 2 aromatic rings. The van der Waals surface area contributed by atoms with E-state index in [1.165, 1.54) is 0 Å². The Morgan fingerprint density at radius 3 is 2.33 bits per heavy atom. The normalized spacial score (nSPS) is 11.3. The highest BCUT2D eigenvalue weighted by Crippen LogP contribution is 2.36. The van der Waals surface area contributed by atoms with Crippen LogP contribution >= 0.6 is 27.7 Å². The van der Waals surface area contributed by atoms with E-state index in [2.05, 4.69) is 21.2 Å². The zero-order valence-electron chi connectivity index (χ0n) is 14.2. The fraction of sp³-hybridized carbons (Fsp3) is 0.235. The number of anilines is 1. The smallest absolute Gasteiger partial charge is 0.325 e. The lowest BCUT2D eigenvalue weighted by molar-refractivity contribution is -0.388. The van der Waals surface area contributed by atoms with Crippen molar-refractivity contribution in [2.75, 3.05) is 11.1 Å². The maximum Gasteiger partial charge on any atom is 0.416 e. The molecule has 27 heavy (non-hydrogen) atoms. The van der Waals surface area contributed by atoms with Gasteiger partial charge in [0, 0.05) is 16.2 Å². The minimum absolute atomic E-state index is 0.00704. The average molecular weight is 463 g/mol. The molecule has 0 aliphatic rings. The maximum absolute atomic E-state index is 12.7. The topological polar surface area (TPSA) is 72.2 Å². The van der Waals surface area contributed by atoms with Gasteiger partial charge in [0.15, 0.2) is 0 Å². The number of halogens is 4. The molecule has 0 spiro atoms. The summed E-state index contributed by atoms with van der Waals surface area (Å²) < 4.78 is 39.0. The molecule has 0 aliphatic carbocycles. The molecule has 2 rings (SSSR count). The van der Waals surface area contributed by atoms with Crippen molar-refractivity contribution in [3.05, 3.63) is 61.6 Å². The van der Waals surface area contributed by atoms with Crippen LogP contribution in [0.2, 0.25) is 0 Å². The van der Waals surface area contributed by atoms with Crippen molar-refractivity contribution in [1.82, 2.24) is 0 Å². The van der Waals surface area contributed by atoms with E-state index in [4.69, 9.17) is 0 Å². The van der Waals surface area contributed by atoms with Gasteiger partial charge in [-0.15, -0.1) is 11.8 Å². The first-order valence-corrected chi connectivity index (χ1v) is 9.32. The molecule has 0 heterocycles. The summed E-state index contributed by atoms with van der Waals surface area (Å²) in [5, 5.41) is 13.8. The maximum atomic E-state index is 12.7. The number of alkyl halides is 3. The van der Waals surface area contributed by atoms with Crippen molar-refractivity contribution in [1.29, 1.82) is 0 Å². The van der Waals surface area contributed by atoms with Crippen LogP contribution in [0.15, 0.2) is 39.7 Å². The van der Waals surface area contributed by atoms with Gasteiger partial charge in [-0.1, -0.05) is 15.9 Å². The second-order valence-electron chi connectivity index (χ2n) is 5.69. The lowest BCUT2D eigenvalue weighted by Crippen LogP contribution is -2.16. The molecule has 5 nitrogen and oxygen atoms in total. The Labute approximate surface area is 165 Å². The van der Waals surface area contributed by atoms with Crippen LogP contribution < -0.4 is 5.32 Å². The Morgan fingerprint density at radius 1 is 1.22 bits per heavy atom. The fourth-order valence-electron chi connectivity index (χ4n) is 2.39. The van der Waals surface area contributed by atoms with Gasteiger partial charge >= 0.3 is 6.18 Å². The van der Waals surface area contributed by atoms with Crippen molar-refractivity contribution in [2.45, 2.75) is 24.9 Å². The van der Waals surface area contributed by atoms with Crippen LogP contribution in [0, 0.1) is 24.0 Å². The highest BCUT2D eigenvalue weighted by molar-refractivity contribution is 9.10. The summed E-state index contributed by atoms with van der Waals surface area (Å²) in [5.41, 5.74) is 0.509. The van der Waals surface area contributed by atoms with Crippen molar-refractivity contribution >= 4 is 45.0 Å². The molecule has 0 fully saturated rings.